The summed E-state index contributed by atoms with van der Waals surface area (Å²) in [6.45, 7) is 0.359. The average molecular weight is 250 g/mol. The molecule has 5 nitrogen and oxygen atoms in total. The fourth-order valence-corrected chi connectivity index (χ4v) is 0.960. The van der Waals surface area contributed by atoms with Crippen LogP contribution in [0.15, 0.2) is 72.5 Å². The van der Waals surface area contributed by atoms with E-state index in [4.69, 9.17) is 9.47 Å². The molecule has 0 atom stereocenters. The van der Waals surface area contributed by atoms with Gasteiger partial charge in [0, 0.05) is 6.08 Å². The summed E-state index contributed by atoms with van der Waals surface area (Å²) in [7, 11) is 0. The first-order valence-electron chi connectivity index (χ1n) is 5.15. The van der Waals surface area contributed by atoms with Gasteiger partial charge < -0.3 is 24.8 Å². The molecule has 0 bridgehead atoms. The molecule has 1 aliphatic rings. The SMILES string of the molecule is OC1=CC=COCC=CC=COC=CC(O)=C1O. The van der Waals surface area contributed by atoms with Crippen molar-refractivity contribution in [1.82, 2.24) is 0 Å². The maximum absolute atomic E-state index is 9.41. The Bertz CT molecular complexity index is 438. The Morgan fingerprint density at radius 3 is 2.61 bits per heavy atom. The Morgan fingerprint density at radius 2 is 1.78 bits per heavy atom. The lowest BCUT2D eigenvalue weighted by atomic mass is 10.3. The second kappa shape index (κ2) is 7.67. The third-order valence-corrected chi connectivity index (χ3v) is 1.82. The van der Waals surface area contributed by atoms with Crippen LogP contribution in [0.5, 0.6) is 0 Å². The normalized spacial score (nSPS) is 17.4. The first-order valence-corrected chi connectivity index (χ1v) is 5.15. The van der Waals surface area contributed by atoms with E-state index in [0.29, 0.717) is 6.61 Å². The van der Waals surface area contributed by atoms with E-state index in [1.54, 1.807) is 18.2 Å². The molecule has 0 saturated carbocycles. The predicted molar refractivity (Wildman–Crippen MR) is 66.6 cm³/mol. The van der Waals surface area contributed by atoms with E-state index < -0.39 is 17.3 Å². The summed E-state index contributed by atoms with van der Waals surface area (Å²) in [5.41, 5.74) is 0. The topological polar surface area (TPSA) is 79.2 Å². The molecule has 0 fully saturated rings. The van der Waals surface area contributed by atoms with Gasteiger partial charge in [0.15, 0.2) is 17.3 Å². The number of aliphatic hydroxyl groups excluding tert-OH is 3. The van der Waals surface area contributed by atoms with Crippen LogP contribution in [0.3, 0.4) is 0 Å². The molecular weight excluding hydrogens is 236 g/mol. The van der Waals surface area contributed by atoms with E-state index in [1.165, 1.54) is 24.7 Å². The van der Waals surface area contributed by atoms with Gasteiger partial charge in [-0.1, -0.05) is 6.08 Å². The zero-order valence-corrected chi connectivity index (χ0v) is 9.56. The Balaban J connectivity index is 2.89. The minimum Gasteiger partial charge on any atom is -0.504 e. The van der Waals surface area contributed by atoms with Crippen molar-refractivity contribution < 1.29 is 24.8 Å². The van der Waals surface area contributed by atoms with Gasteiger partial charge in [0.25, 0.3) is 0 Å². The van der Waals surface area contributed by atoms with Gasteiger partial charge in [-0.05, 0) is 24.3 Å². The molecule has 1 rings (SSSR count). The highest BCUT2D eigenvalue weighted by molar-refractivity contribution is 5.28. The molecule has 0 spiro atoms. The maximum atomic E-state index is 9.41. The molecular formula is C13H14O5. The summed E-state index contributed by atoms with van der Waals surface area (Å²) in [6, 6.07) is 0. The Hall–Kier alpha value is -2.56. The molecule has 3 N–H and O–H groups in total. The highest BCUT2D eigenvalue weighted by Crippen LogP contribution is 2.09. The van der Waals surface area contributed by atoms with E-state index in [0.717, 1.165) is 12.3 Å². The van der Waals surface area contributed by atoms with Gasteiger partial charge in [0.1, 0.15) is 6.61 Å². The molecule has 0 amide bonds. The first kappa shape index (κ1) is 13.5. The number of ether oxygens (including phenoxy) is 2. The van der Waals surface area contributed by atoms with Gasteiger partial charge in [0.05, 0.1) is 18.8 Å². The largest absolute Gasteiger partial charge is 0.504 e. The van der Waals surface area contributed by atoms with Crippen molar-refractivity contribution in [3.8, 4) is 0 Å². The zero-order chi connectivity index (χ0) is 13.2. The van der Waals surface area contributed by atoms with Crippen molar-refractivity contribution in [2.45, 2.75) is 0 Å². The van der Waals surface area contributed by atoms with Crippen LogP contribution in [0.2, 0.25) is 0 Å². The molecule has 0 unspecified atom stereocenters. The van der Waals surface area contributed by atoms with Crippen LogP contribution in [0, 0.1) is 0 Å². The van der Waals surface area contributed by atoms with Gasteiger partial charge >= 0.3 is 0 Å². The van der Waals surface area contributed by atoms with Gasteiger partial charge in [-0.3, -0.25) is 0 Å². The Morgan fingerprint density at radius 1 is 0.944 bits per heavy atom. The minimum atomic E-state index is -0.656. The summed E-state index contributed by atoms with van der Waals surface area (Å²) >= 11 is 0. The van der Waals surface area contributed by atoms with Crippen molar-refractivity contribution in [2.75, 3.05) is 6.61 Å². The zero-order valence-electron chi connectivity index (χ0n) is 9.56. The lowest BCUT2D eigenvalue weighted by Crippen LogP contribution is -1.92. The van der Waals surface area contributed by atoms with Crippen LogP contribution in [0.4, 0.5) is 0 Å². The van der Waals surface area contributed by atoms with Crippen molar-refractivity contribution in [3.05, 3.63) is 72.5 Å². The number of hydrogen-bond acceptors (Lipinski definition) is 5. The highest BCUT2D eigenvalue weighted by atomic mass is 16.5. The van der Waals surface area contributed by atoms with Crippen molar-refractivity contribution >= 4 is 0 Å². The summed E-state index contributed by atoms with van der Waals surface area (Å²) in [5, 5.41) is 28.2. The van der Waals surface area contributed by atoms with Crippen LogP contribution in [-0.4, -0.2) is 21.9 Å². The average Bonchev–Trinajstić information content (AvgIpc) is 2.38. The third-order valence-electron chi connectivity index (χ3n) is 1.82. The fraction of sp³-hybridized carbons (Fsp3) is 0.0769. The monoisotopic (exact) mass is 250 g/mol. The van der Waals surface area contributed by atoms with Gasteiger partial charge in [-0.25, -0.2) is 0 Å². The number of hydrogen-bond donors (Lipinski definition) is 3. The molecule has 0 aromatic rings. The van der Waals surface area contributed by atoms with Gasteiger partial charge in [-0.15, -0.1) is 0 Å². The van der Waals surface area contributed by atoms with Crippen LogP contribution in [0.25, 0.3) is 0 Å². The highest BCUT2D eigenvalue weighted by Gasteiger charge is 2.04. The van der Waals surface area contributed by atoms with E-state index in [1.807, 2.05) is 0 Å². The van der Waals surface area contributed by atoms with Crippen LogP contribution >= 0.6 is 0 Å². The molecule has 0 aromatic heterocycles. The summed E-state index contributed by atoms with van der Waals surface area (Å²) in [6.07, 6.45) is 12.7. The quantitative estimate of drug-likeness (QED) is 0.616. The Labute approximate surface area is 105 Å². The second-order valence-electron chi connectivity index (χ2n) is 3.14. The van der Waals surface area contributed by atoms with E-state index >= 15 is 0 Å². The number of aliphatic hydroxyl groups is 3. The molecule has 18 heavy (non-hydrogen) atoms. The molecule has 96 valence electrons. The smallest absolute Gasteiger partial charge is 0.200 e. The summed E-state index contributed by atoms with van der Waals surface area (Å²) < 4.78 is 9.94. The fourth-order valence-electron chi connectivity index (χ4n) is 0.960. The Kier molecular flexibility index (Phi) is 5.76. The van der Waals surface area contributed by atoms with Crippen LogP contribution in [0.1, 0.15) is 0 Å². The van der Waals surface area contributed by atoms with Crippen LogP contribution < -0.4 is 0 Å². The van der Waals surface area contributed by atoms with Crippen molar-refractivity contribution in [2.24, 2.45) is 0 Å². The molecule has 1 aliphatic heterocycles. The second-order valence-corrected chi connectivity index (χ2v) is 3.14. The van der Waals surface area contributed by atoms with Gasteiger partial charge in [0.2, 0.25) is 0 Å². The van der Waals surface area contributed by atoms with Crippen molar-refractivity contribution in [1.29, 1.82) is 0 Å². The van der Waals surface area contributed by atoms with Gasteiger partial charge in [-0.2, -0.15) is 0 Å². The van der Waals surface area contributed by atoms with E-state index in [2.05, 4.69) is 0 Å². The van der Waals surface area contributed by atoms with E-state index in [9.17, 15) is 15.3 Å². The molecule has 1 heterocycles. The number of allylic oxidation sites excluding steroid dienone is 5. The molecule has 0 aliphatic carbocycles. The predicted octanol–water partition coefficient (Wildman–Crippen LogP) is 2.90. The molecule has 0 saturated heterocycles. The van der Waals surface area contributed by atoms with E-state index in [-0.39, 0.29) is 0 Å². The first-order chi connectivity index (χ1) is 8.72. The third kappa shape index (κ3) is 4.98. The molecule has 0 radical (unpaired) electrons. The molecule has 0 aromatic carbocycles. The minimum absolute atomic E-state index is 0.359. The number of rotatable bonds is 0. The van der Waals surface area contributed by atoms with Crippen molar-refractivity contribution in [3.63, 3.8) is 0 Å². The van der Waals surface area contributed by atoms with Crippen LogP contribution in [-0.2, 0) is 9.47 Å². The summed E-state index contributed by atoms with van der Waals surface area (Å²) in [5.74, 6) is -1.66. The lowest BCUT2D eigenvalue weighted by Gasteiger charge is -1.99. The lowest BCUT2D eigenvalue weighted by molar-refractivity contribution is 0.286. The summed E-state index contributed by atoms with van der Waals surface area (Å²) in [4.78, 5) is 0. The molecule has 5 heteroatoms. The standard InChI is InChI=1S/C13H14O5/c14-11-5-4-9-17-7-2-1-3-8-18-10-6-12(15)13(11)16/h1-6,8-10,14-16H,7H2. The maximum Gasteiger partial charge on any atom is 0.200 e.